The Labute approximate surface area is 105 Å². The molecule has 0 saturated heterocycles. The van der Waals surface area contributed by atoms with E-state index in [0.717, 1.165) is 12.2 Å². The Morgan fingerprint density at radius 3 is 2.82 bits per heavy atom. The Hall–Kier alpha value is -1.23. The predicted octanol–water partition coefficient (Wildman–Crippen LogP) is 2.28. The molecule has 0 fully saturated rings. The van der Waals surface area contributed by atoms with Crippen molar-refractivity contribution in [1.29, 1.82) is 0 Å². The van der Waals surface area contributed by atoms with Crippen molar-refractivity contribution in [2.24, 2.45) is 0 Å². The van der Waals surface area contributed by atoms with Gasteiger partial charge in [-0.1, -0.05) is 6.92 Å². The SMILES string of the molecule is CCC(CSC)NC(=O)c1ccc(F)c(N)c1. The molecule has 1 amide bonds. The van der Waals surface area contributed by atoms with Crippen molar-refractivity contribution in [2.45, 2.75) is 19.4 Å². The van der Waals surface area contributed by atoms with Gasteiger partial charge in [-0.15, -0.1) is 0 Å². The molecule has 3 N–H and O–H groups in total. The maximum atomic E-state index is 13.0. The van der Waals surface area contributed by atoms with Crippen LogP contribution in [0.5, 0.6) is 0 Å². The van der Waals surface area contributed by atoms with Crippen molar-refractivity contribution in [3.63, 3.8) is 0 Å². The minimum atomic E-state index is -0.502. The quantitative estimate of drug-likeness (QED) is 0.795. The van der Waals surface area contributed by atoms with Crippen LogP contribution < -0.4 is 11.1 Å². The van der Waals surface area contributed by atoms with Crippen LogP contribution in [0.25, 0.3) is 0 Å². The molecule has 1 atom stereocenters. The monoisotopic (exact) mass is 256 g/mol. The molecule has 0 heterocycles. The molecule has 0 aliphatic carbocycles. The van der Waals surface area contributed by atoms with Crippen LogP contribution in [0.15, 0.2) is 18.2 Å². The van der Waals surface area contributed by atoms with Gasteiger partial charge in [0.1, 0.15) is 5.82 Å². The zero-order valence-electron chi connectivity index (χ0n) is 10.00. The van der Waals surface area contributed by atoms with Gasteiger partial charge in [0.05, 0.1) is 5.69 Å². The molecule has 0 radical (unpaired) electrons. The molecule has 5 heteroatoms. The van der Waals surface area contributed by atoms with E-state index in [2.05, 4.69) is 5.32 Å². The molecule has 1 aromatic carbocycles. The number of anilines is 1. The van der Waals surface area contributed by atoms with Gasteiger partial charge in [0, 0.05) is 17.4 Å². The van der Waals surface area contributed by atoms with E-state index in [1.165, 1.54) is 18.2 Å². The molecule has 94 valence electrons. The maximum absolute atomic E-state index is 13.0. The van der Waals surface area contributed by atoms with E-state index in [1.54, 1.807) is 11.8 Å². The number of nitrogen functional groups attached to an aromatic ring is 1. The Kier molecular flexibility index (Phi) is 5.28. The number of rotatable bonds is 5. The smallest absolute Gasteiger partial charge is 0.251 e. The van der Waals surface area contributed by atoms with Crippen LogP contribution in [0.1, 0.15) is 23.7 Å². The highest BCUT2D eigenvalue weighted by Gasteiger charge is 2.12. The Bertz CT molecular complexity index is 398. The maximum Gasteiger partial charge on any atom is 0.251 e. The fraction of sp³-hybridized carbons (Fsp3) is 0.417. The number of nitrogens with two attached hydrogens (primary N) is 1. The highest BCUT2D eigenvalue weighted by Crippen LogP contribution is 2.12. The highest BCUT2D eigenvalue weighted by atomic mass is 32.2. The van der Waals surface area contributed by atoms with Crippen LogP contribution in [0.4, 0.5) is 10.1 Å². The third-order valence-corrected chi connectivity index (χ3v) is 3.19. The average molecular weight is 256 g/mol. The van der Waals surface area contributed by atoms with Gasteiger partial charge in [0.15, 0.2) is 0 Å². The second-order valence-corrected chi connectivity index (χ2v) is 4.68. The molecular formula is C12H17FN2OS. The number of hydrogen-bond donors (Lipinski definition) is 2. The summed E-state index contributed by atoms with van der Waals surface area (Å²) in [6, 6.07) is 4.13. The van der Waals surface area contributed by atoms with E-state index in [0.29, 0.717) is 5.56 Å². The molecule has 0 aliphatic rings. The fourth-order valence-corrected chi connectivity index (χ4v) is 2.14. The van der Waals surface area contributed by atoms with Gasteiger partial charge in [-0.05, 0) is 30.9 Å². The van der Waals surface area contributed by atoms with Gasteiger partial charge >= 0.3 is 0 Å². The standard InChI is InChI=1S/C12H17FN2OS/c1-3-9(7-17-2)15-12(16)8-4-5-10(13)11(14)6-8/h4-6,9H,3,7,14H2,1-2H3,(H,15,16). The van der Waals surface area contributed by atoms with E-state index in [4.69, 9.17) is 5.73 Å². The van der Waals surface area contributed by atoms with Gasteiger partial charge in [0.25, 0.3) is 5.91 Å². The van der Waals surface area contributed by atoms with E-state index in [9.17, 15) is 9.18 Å². The molecule has 0 spiro atoms. The lowest BCUT2D eigenvalue weighted by atomic mass is 10.1. The van der Waals surface area contributed by atoms with Crippen molar-refractivity contribution in [2.75, 3.05) is 17.7 Å². The summed E-state index contributed by atoms with van der Waals surface area (Å²) in [6.07, 6.45) is 2.86. The van der Waals surface area contributed by atoms with E-state index in [1.807, 2.05) is 13.2 Å². The molecule has 1 rings (SSSR count). The van der Waals surface area contributed by atoms with Gasteiger partial charge in [0.2, 0.25) is 0 Å². The third-order valence-electron chi connectivity index (χ3n) is 2.45. The zero-order chi connectivity index (χ0) is 12.8. The minimum Gasteiger partial charge on any atom is -0.396 e. The number of thioether (sulfide) groups is 1. The molecule has 1 unspecified atom stereocenters. The summed E-state index contributed by atoms with van der Waals surface area (Å²) in [5, 5.41) is 2.89. The molecular weight excluding hydrogens is 239 g/mol. The lowest BCUT2D eigenvalue weighted by molar-refractivity contribution is 0.0940. The Morgan fingerprint density at radius 2 is 2.29 bits per heavy atom. The topological polar surface area (TPSA) is 55.1 Å². The molecule has 0 bridgehead atoms. The van der Waals surface area contributed by atoms with Crippen LogP contribution in [0, 0.1) is 5.82 Å². The molecule has 17 heavy (non-hydrogen) atoms. The van der Waals surface area contributed by atoms with Crippen molar-refractivity contribution in [3.8, 4) is 0 Å². The molecule has 1 aromatic rings. The number of benzene rings is 1. The predicted molar refractivity (Wildman–Crippen MR) is 70.7 cm³/mol. The van der Waals surface area contributed by atoms with Crippen LogP contribution in [0.2, 0.25) is 0 Å². The number of halogens is 1. The third kappa shape index (κ3) is 3.93. The van der Waals surface area contributed by atoms with Crippen LogP contribution in [-0.2, 0) is 0 Å². The number of carbonyl (C=O) groups excluding carboxylic acids is 1. The number of hydrogen-bond acceptors (Lipinski definition) is 3. The molecule has 0 saturated carbocycles. The van der Waals surface area contributed by atoms with E-state index >= 15 is 0 Å². The van der Waals surface area contributed by atoms with Gasteiger partial charge in [-0.25, -0.2) is 4.39 Å². The van der Waals surface area contributed by atoms with Crippen LogP contribution in [-0.4, -0.2) is 24.0 Å². The van der Waals surface area contributed by atoms with Gasteiger partial charge in [-0.2, -0.15) is 11.8 Å². The summed E-state index contributed by atoms with van der Waals surface area (Å²) in [5.74, 6) is 0.147. The summed E-state index contributed by atoms with van der Waals surface area (Å²) in [4.78, 5) is 11.9. The van der Waals surface area contributed by atoms with Crippen molar-refractivity contribution >= 4 is 23.4 Å². The summed E-state index contributed by atoms with van der Waals surface area (Å²) >= 11 is 1.68. The summed E-state index contributed by atoms with van der Waals surface area (Å²) in [6.45, 7) is 2.01. The molecule has 3 nitrogen and oxygen atoms in total. The molecule has 0 aliphatic heterocycles. The van der Waals surface area contributed by atoms with Crippen molar-refractivity contribution < 1.29 is 9.18 Å². The van der Waals surface area contributed by atoms with E-state index in [-0.39, 0.29) is 17.6 Å². The Balaban J connectivity index is 2.72. The average Bonchev–Trinajstić information content (AvgIpc) is 2.31. The normalized spacial score (nSPS) is 12.2. The first kappa shape index (κ1) is 13.8. The number of amides is 1. The highest BCUT2D eigenvalue weighted by molar-refractivity contribution is 7.98. The summed E-state index contributed by atoms with van der Waals surface area (Å²) in [7, 11) is 0. The second kappa shape index (κ2) is 6.49. The van der Waals surface area contributed by atoms with Gasteiger partial charge < -0.3 is 11.1 Å². The van der Waals surface area contributed by atoms with Crippen LogP contribution in [0.3, 0.4) is 0 Å². The van der Waals surface area contributed by atoms with Gasteiger partial charge in [-0.3, -0.25) is 4.79 Å². The fourth-order valence-electron chi connectivity index (χ4n) is 1.42. The second-order valence-electron chi connectivity index (χ2n) is 3.77. The summed E-state index contributed by atoms with van der Waals surface area (Å²) in [5.41, 5.74) is 5.81. The van der Waals surface area contributed by atoms with Crippen molar-refractivity contribution in [1.82, 2.24) is 5.32 Å². The number of carbonyl (C=O) groups is 1. The minimum absolute atomic E-state index is 0.00411. The lowest BCUT2D eigenvalue weighted by Gasteiger charge is -2.15. The first-order valence-electron chi connectivity index (χ1n) is 5.43. The lowest BCUT2D eigenvalue weighted by Crippen LogP contribution is -2.36. The summed E-state index contributed by atoms with van der Waals surface area (Å²) < 4.78 is 13.0. The van der Waals surface area contributed by atoms with Crippen molar-refractivity contribution in [3.05, 3.63) is 29.6 Å². The first-order chi connectivity index (χ1) is 8.08. The number of nitrogens with one attached hydrogen (secondary N) is 1. The Morgan fingerprint density at radius 1 is 1.59 bits per heavy atom. The van der Waals surface area contributed by atoms with E-state index < -0.39 is 5.82 Å². The largest absolute Gasteiger partial charge is 0.396 e. The zero-order valence-corrected chi connectivity index (χ0v) is 10.8. The molecule has 0 aromatic heterocycles. The first-order valence-corrected chi connectivity index (χ1v) is 6.82. The van der Waals surface area contributed by atoms with Crippen LogP contribution >= 0.6 is 11.8 Å².